The largest absolute Gasteiger partial charge is 0.399 e. The summed E-state index contributed by atoms with van der Waals surface area (Å²) in [6.07, 6.45) is 6.48. The molecule has 0 unspecified atom stereocenters. The van der Waals surface area contributed by atoms with Crippen LogP contribution in [0.15, 0.2) is 54.9 Å². The highest BCUT2D eigenvalue weighted by atomic mass is 16.1. The lowest BCUT2D eigenvalue weighted by Gasteiger charge is -1.96. The topological polar surface area (TPSA) is 56.0 Å². The van der Waals surface area contributed by atoms with Crippen molar-refractivity contribution in [3.63, 3.8) is 0 Å². The van der Waals surface area contributed by atoms with Gasteiger partial charge in [0, 0.05) is 23.6 Å². The number of nitrogen functional groups attached to an aromatic ring is 1. The van der Waals surface area contributed by atoms with Crippen LogP contribution in [-0.2, 0) is 0 Å². The first-order valence-corrected chi connectivity index (χ1v) is 5.24. The van der Waals surface area contributed by atoms with Crippen LogP contribution >= 0.6 is 0 Å². The summed E-state index contributed by atoms with van der Waals surface area (Å²) in [5, 5.41) is 0. The van der Waals surface area contributed by atoms with E-state index in [0.29, 0.717) is 11.3 Å². The molecule has 1 aromatic carbocycles. The number of carbonyl (C=O) groups is 1. The molecule has 0 aliphatic rings. The summed E-state index contributed by atoms with van der Waals surface area (Å²) in [6, 6.07) is 10.7. The maximum absolute atomic E-state index is 11.8. The zero-order valence-electron chi connectivity index (χ0n) is 9.21. The molecule has 17 heavy (non-hydrogen) atoms. The van der Waals surface area contributed by atoms with Gasteiger partial charge in [-0.05, 0) is 35.9 Å². The molecule has 0 atom stereocenters. The van der Waals surface area contributed by atoms with E-state index in [9.17, 15) is 4.79 Å². The SMILES string of the molecule is Nc1cccc(/C=C/C(=O)c2ccncc2)c1. The molecule has 0 spiro atoms. The lowest BCUT2D eigenvalue weighted by atomic mass is 10.1. The third-order valence-electron chi connectivity index (χ3n) is 2.30. The minimum absolute atomic E-state index is 0.0465. The van der Waals surface area contributed by atoms with Crippen molar-refractivity contribution in [2.24, 2.45) is 0 Å². The predicted molar refractivity (Wildman–Crippen MR) is 68.5 cm³/mol. The Morgan fingerprint density at radius 1 is 1.18 bits per heavy atom. The molecule has 0 saturated heterocycles. The number of pyridine rings is 1. The number of benzene rings is 1. The van der Waals surface area contributed by atoms with Crippen LogP contribution in [0.4, 0.5) is 5.69 Å². The first kappa shape index (κ1) is 11.1. The Hall–Kier alpha value is -2.42. The number of nitrogens with zero attached hydrogens (tertiary/aromatic N) is 1. The van der Waals surface area contributed by atoms with Crippen LogP contribution in [0.1, 0.15) is 15.9 Å². The van der Waals surface area contributed by atoms with Gasteiger partial charge in [-0.15, -0.1) is 0 Å². The van der Waals surface area contributed by atoms with E-state index in [-0.39, 0.29) is 5.78 Å². The number of carbonyl (C=O) groups excluding carboxylic acids is 1. The van der Waals surface area contributed by atoms with Crippen molar-refractivity contribution < 1.29 is 4.79 Å². The van der Waals surface area contributed by atoms with Gasteiger partial charge in [-0.25, -0.2) is 0 Å². The van der Waals surface area contributed by atoms with Crippen LogP contribution in [0.25, 0.3) is 6.08 Å². The van der Waals surface area contributed by atoms with Crippen molar-refractivity contribution in [2.75, 3.05) is 5.73 Å². The Labute approximate surface area is 99.6 Å². The molecule has 1 heterocycles. The first-order valence-electron chi connectivity index (χ1n) is 5.24. The maximum atomic E-state index is 11.8. The zero-order chi connectivity index (χ0) is 12.1. The average molecular weight is 224 g/mol. The van der Waals surface area contributed by atoms with Gasteiger partial charge in [0.25, 0.3) is 0 Å². The molecule has 1 aromatic heterocycles. The molecule has 0 saturated carbocycles. The number of nitrogens with two attached hydrogens (primary N) is 1. The molecule has 84 valence electrons. The van der Waals surface area contributed by atoms with Crippen molar-refractivity contribution in [3.05, 3.63) is 66.0 Å². The van der Waals surface area contributed by atoms with E-state index >= 15 is 0 Å². The number of ketones is 1. The second-order valence-corrected chi connectivity index (χ2v) is 3.60. The fourth-order valence-corrected chi connectivity index (χ4v) is 1.45. The first-order chi connectivity index (χ1) is 8.25. The molecular formula is C14H12N2O. The Bertz CT molecular complexity index is 547. The van der Waals surface area contributed by atoms with E-state index in [1.54, 1.807) is 30.6 Å². The zero-order valence-corrected chi connectivity index (χ0v) is 9.21. The summed E-state index contributed by atoms with van der Waals surface area (Å²) in [7, 11) is 0. The fraction of sp³-hybridized carbons (Fsp3) is 0. The van der Waals surface area contributed by atoms with Crippen LogP contribution in [0.3, 0.4) is 0 Å². The van der Waals surface area contributed by atoms with Gasteiger partial charge in [-0.2, -0.15) is 0 Å². The summed E-state index contributed by atoms with van der Waals surface area (Å²) in [6.45, 7) is 0. The van der Waals surface area contributed by atoms with Crippen molar-refractivity contribution in [2.45, 2.75) is 0 Å². The molecule has 3 nitrogen and oxygen atoms in total. The lowest BCUT2D eigenvalue weighted by molar-refractivity contribution is 0.104. The van der Waals surface area contributed by atoms with Crippen LogP contribution in [0.2, 0.25) is 0 Å². The van der Waals surface area contributed by atoms with Gasteiger partial charge in [0.15, 0.2) is 5.78 Å². The standard InChI is InChI=1S/C14H12N2O/c15-13-3-1-2-11(10-13)4-5-14(17)12-6-8-16-9-7-12/h1-10H,15H2/b5-4+. The van der Waals surface area contributed by atoms with Crippen molar-refractivity contribution in [1.82, 2.24) is 4.98 Å². The molecule has 0 fully saturated rings. The number of anilines is 1. The molecule has 0 bridgehead atoms. The van der Waals surface area contributed by atoms with Crippen molar-refractivity contribution in [1.29, 1.82) is 0 Å². The second-order valence-electron chi connectivity index (χ2n) is 3.60. The highest BCUT2D eigenvalue weighted by Crippen LogP contribution is 2.09. The van der Waals surface area contributed by atoms with E-state index in [1.807, 2.05) is 24.3 Å². The fourth-order valence-electron chi connectivity index (χ4n) is 1.45. The molecule has 0 aliphatic carbocycles. The highest BCUT2D eigenvalue weighted by molar-refractivity contribution is 6.06. The van der Waals surface area contributed by atoms with E-state index in [2.05, 4.69) is 4.98 Å². The van der Waals surface area contributed by atoms with Gasteiger partial charge in [0.05, 0.1) is 0 Å². The Morgan fingerprint density at radius 2 is 1.94 bits per heavy atom. The second kappa shape index (κ2) is 5.07. The summed E-state index contributed by atoms with van der Waals surface area (Å²) < 4.78 is 0. The Balaban J connectivity index is 2.14. The Morgan fingerprint density at radius 3 is 2.65 bits per heavy atom. The molecule has 0 amide bonds. The van der Waals surface area contributed by atoms with Gasteiger partial charge in [-0.3, -0.25) is 9.78 Å². The van der Waals surface area contributed by atoms with E-state index in [4.69, 9.17) is 5.73 Å². The van der Waals surface area contributed by atoms with Gasteiger partial charge in [0.2, 0.25) is 0 Å². The Kier molecular flexibility index (Phi) is 3.31. The van der Waals surface area contributed by atoms with Crippen LogP contribution in [-0.4, -0.2) is 10.8 Å². The summed E-state index contributed by atoms with van der Waals surface area (Å²) >= 11 is 0. The van der Waals surface area contributed by atoms with Crippen LogP contribution in [0.5, 0.6) is 0 Å². The number of allylic oxidation sites excluding steroid dienone is 1. The van der Waals surface area contributed by atoms with Gasteiger partial charge in [-0.1, -0.05) is 18.2 Å². The third kappa shape index (κ3) is 3.01. The number of rotatable bonds is 3. The summed E-state index contributed by atoms with van der Waals surface area (Å²) in [4.78, 5) is 15.6. The molecule has 0 radical (unpaired) electrons. The normalized spacial score (nSPS) is 10.6. The van der Waals surface area contributed by atoms with E-state index < -0.39 is 0 Å². The smallest absolute Gasteiger partial charge is 0.185 e. The average Bonchev–Trinajstić information content (AvgIpc) is 2.37. The number of aromatic nitrogens is 1. The van der Waals surface area contributed by atoms with Crippen molar-refractivity contribution in [3.8, 4) is 0 Å². The predicted octanol–water partition coefficient (Wildman–Crippen LogP) is 2.56. The number of hydrogen-bond donors (Lipinski definition) is 1. The van der Waals surface area contributed by atoms with E-state index in [1.165, 1.54) is 6.08 Å². The van der Waals surface area contributed by atoms with Crippen LogP contribution in [0, 0.1) is 0 Å². The minimum Gasteiger partial charge on any atom is -0.399 e. The van der Waals surface area contributed by atoms with Crippen molar-refractivity contribution >= 4 is 17.5 Å². The monoisotopic (exact) mass is 224 g/mol. The van der Waals surface area contributed by atoms with Gasteiger partial charge < -0.3 is 5.73 Å². The molecule has 3 heteroatoms. The van der Waals surface area contributed by atoms with Gasteiger partial charge >= 0.3 is 0 Å². The highest BCUT2D eigenvalue weighted by Gasteiger charge is 1.99. The molecule has 2 rings (SSSR count). The number of hydrogen-bond acceptors (Lipinski definition) is 3. The summed E-state index contributed by atoms with van der Waals surface area (Å²) in [5.41, 5.74) is 7.87. The maximum Gasteiger partial charge on any atom is 0.185 e. The minimum atomic E-state index is -0.0465. The van der Waals surface area contributed by atoms with E-state index in [0.717, 1.165) is 5.56 Å². The summed E-state index contributed by atoms with van der Waals surface area (Å²) in [5.74, 6) is -0.0465. The third-order valence-corrected chi connectivity index (χ3v) is 2.30. The quantitative estimate of drug-likeness (QED) is 0.495. The lowest BCUT2D eigenvalue weighted by Crippen LogP contribution is -1.93. The van der Waals surface area contributed by atoms with Gasteiger partial charge in [0.1, 0.15) is 0 Å². The molecule has 0 aliphatic heterocycles. The van der Waals surface area contributed by atoms with Crippen LogP contribution < -0.4 is 5.73 Å². The molecular weight excluding hydrogens is 212 g/mol. The molecule has 2 N–H and O–H groups in total. The molecule has 2 aromatic rings.